The third kappa shape index (κ3) is 1.68. The van der Waals surface area contributed by atoms with E-state index in [9.17, 15) is 5.11 Å². The van der Waals surface area contributed by atoms with E-state index in [1.165, 1.54) is 7.11 Å². The van der Waals surface area contributed by atoms with E-state index < -0.39 is 0 Å². The van der Waals surface area contributed by atoms with Crippen LogP contribution in [0.25, 0.3) is 0 Å². The summed E-state index contributed by atoms with van der Waals surface area (Å²) in [6.07, 6.45) is 0.498. The van der Waals surface area contributed by atoms with E-state index in [0.717, 1.165) is 5.56 Å². The molecule has 12 heavy (non-hydrogen) atoms. The summed E-state index contributed by atoms with van der Waals surface area (Å²) in [6.45, 7) is 0.0554. The Morgan fingerprint density at radius 1 is 1.42 bits per heavy atom. The van der Waals surface area contributed by atoms with Crippen molar-refractivity contribution in [2.45, 2.75) is 6.42 Å². The molecule has 2 N–H and O–H groups in total. The fourth-order valence-corrected chi connectivity index (χ4v) is 1.12. The van der Waals surface area contributed by atoms with Gasteiger partial charge in [-0.15, -0.1) is 0 Å². The van der Waals surface area contributed by atoms with E-state index in [0.29, 0.717) is 12.2 Å². The first-order valence-corrected chi connectivity index (χ1v) is 3.75. The summed E-state index contributed by atoms with van der Waals surface area (Å²) in [5, 5.41) is 18.0. The second kappa shape index (κ2) is 3.97. The normalized spacial score (nSPS) is 9.83. The SMILES string of the molecule is COc1c(O)cccc1CCO. The van der Waals surface area contributed by atoms with Crippen LogP contribution < -0.4 is 4.74 Å². The second-order valence-electron chi connectivity index (χ2n) is 2.44. The minimum atomic E-state index is 0.0554. The van der Waals surface area contributed by atoms with Crippen LogP contribution in [0.15, 0.2) is 18.2 Å². The molecule has 0 saturated heterocycles. The Labute approximate surface area is 71.2 Å². The highest BCUT2D eigenvalue weighted by atomic mass is 16.5. The number of methoxy groups -OCH3 is 1. The lowest BCUT2D eigenvalue weighted by Crippen LogP contribution is -1.95. The highest BCUT2D eigenvalue weighted by Crippen LogP contribution is 2.29. The van der Waals surface area contributed by atoms with E-state index >= 15 is 0 Å². The Morgan fingerprint density at radius 3 is 2.75 bits per heavy atom. The van der Waals surface area contributed by atoms with Crippen LogP contribution in [0.1, 0.15) is 5.56 Å². The number of hydrogen-bond donors (Lipinski definition) is 2. The molecule has 0 bridgehead atoms. The van der Waals surface area contributed by atoms with Gasteiger partial charge in [0.25, 0.3) is 0 Å². The lowest BCUT2D eigenvalue weighted by Gasteiger charge is -2.08. The first kappa shape index (κ1) is 8.87. The van der Waals surface area contributed by atoms with Crippen molar-refractivity contribution >= 4 is 0 Å². The van der Waals surface area contributed by atoms with Crippen LogP contribution in [0.5, 0.6) is 11.5 Å². The van der Waals surface area contributed by atoms with Crippen molar-refractivity contribution in [3.05, 3.63) is 23.8 Å². The van der Waals surface area contributed by atoms with Crippen LogP contribution in [-0.4, -0.2) is 23.9 Å². The van der Waals surface area contributed by atoms with Crippen LogP contribution >= 0.6 is 0 Å². The van der Waals surface area contributed by atoms with E-state index in [1.54, 1.807) is 12.1 Å². The number of benzene rings is 1. The molecule has 0 aliphatic carbocycles. The zero-order valence-electron chi connectivity index (χ0n) is 6.95. The van der Waals surface area contributed by atoms with Gasteiger partial charge in [0.2, 0.25) is 0 Å². The van der Waals surface area contributed by atoms with E-state index in [4.69, 9.17) is 9.84 Å². The van der Waals surface area contributed by atoms with E-state index in [-0.39, 0.29) is 12.4 Å². The minimum absolute atomic E-state index is 0.0554. The fraction of sp³-hybridized carbons (Fsp3) is 0.333. The van der Waals surface area contributed by atoms with Gasteiger partial charge >= 0.3 is 0 Å². The van der Waals surface area contributed by atoms with Crippen LogP contribution in [-0.2, 0) is 6.42 Å². The molecule has 3 heteroatoms. The summed E-state index contributed by atoms with van der Waals surface area (Å²) in [4.78, 5) is 0. The Bertz CT molecular complexity index is 258. The average molecular weight is 168 g/mol. The Balaban J connectivity index is 3.00. The van der Waals surface area contributed by atoms with Gasteiger partial charge in [-0.1, -0.05) is 12.1 Å². The van der Waals surface area contributed by atoms with E-state index in [2.05, 4.69) is 0 Å². The van der Waals surface area contributed by atoms with Crippen LogP contribution in [0, 0.1) is 0 Å². The summed E-state index contributed by atoms with van der Waals surface area (Å²) in [6, 6.07) is 5.09. The third-order valence-electron chi connectivity index (χ3n) is 1.66. The number of rotatable bonds is 3. The molecule has 66 valence electrons. The van der Waals surface area contributed by atoms with Crippen molar-refractivity contribution in [2.75, 3.05) is 13.7 Å². The van der Waals surface area contributed by atoms with Crippen molar-refractivity contribution in [3.63, 3.8) is 0 Å². The molecule has 3 nitrogen and oxygen atoms in total. The van der Waals surface area contributed by atoms with Crippen molar-refractivity contribution in [1.82, 2.24) is 0 Å². The summed E-state index contributed by atoms with van der Waals surface area (Å²) in [7, 11) is 1.50. The molecule has 0 amide bonds. The maximum absolute atomic E-state index is 9.31. The molecule has 0 atom stereocenters. The monoisotopic (exact) mass is 168 g/mol. The molecular weight excluding hydrogens is 156 g/mol. The molecule has 1 aromatic rings. The minimum Gasteiger partial charge on any atom is -0.504 e. The molecule has 0 spiro atoms. The van der Waals surface area contributed by atoms with Gasteiger partial charge in [0, 0.05) is 12.2 Å². The number of hydrogen-bond acceptors (Lipinski definition) is 3. The topological polar surface area (TPSA) is 49.7 Å². The zero-order valence-corrected chi connectivity index (χ0v) is 6.95. The maximum atomic E-state index is 9.31. The van der Waals surface area contributed by atoms with Gasteiger partial charge in [0.15, 0.2) is 11.5 Å². The largest absolute Gasteiger partial charge is 0.504 e. The smallest absolute Gasteiger partial charge is 0.163 e. The number of aromatic hydroxyl groups is 1. The molecule has 1 aromatic carbocycles. The number of phenolic OH excluding ortho intramolecular Hbond substituents is 1. The number of phenols is 1. The maximum Gasteiger partial charge on any atom is 0.163 e. The van der Waals surface area contributed by atoms with Crippen molar-refractivity contribution in [3.8, 4) is 11.5 Å². The number of ether oxygens (including phenoxy) is 1. The van der Waals surface area contributed by atoms with Gasteiger partial charge in [-0.25, -0.2) is 0 Å². The lowest BCUT2D eigenvalue weighted by atomic mass is 10.1. The number of aliphatic hydroxyl groups is 1. The predicted octanol–water partition coefficient (Wildman–Crippen LogP) is 0.936. The molecule has 0 aromatic heterocycles. The molecule has 0 aliphatic heterocycles. The fourth-order valence-electron chi connectivity index (χ4n) is 1.12. The first-order valence-electron chi connectivity index (χ1n) is 3.75. The quantitative estimate of drug-likeness (QED) is 0.706. The average Bonchev–Trinajstić information content (AvgIpc) is 2.05. The molecule has 0 unspecified atom stereocenters. The molecule has 0 saturated carbocycles. The number of aliphatic hydroxyl groups excluding tert-OH is 1. The van der Waals surface area contributed by atoms with Gasteiger partial charge in [0.05, 0.1) is 7.11 Å². The predicted molar refractivity (Wildman–Crippen MR) is 45.4 cm³/mol. The summed E-state index contributed by atoms with van der Waals surface area (Å²) in [5.41, 5.74) is 0.819. The van der Waals surface area contributed by atoms with Crippen LogP contribution in [0.3, 0.4) is 0 Å². The molecule has 0 radical (unpaired) electrons. The Morgan fingerprint density at radius 2 is 2.17 bits per heavy atom. The molecular formula is C9H12O3. The Hall–Kier alpha value is -1.22. The zero-order chi connectivity index (χ0) is 8.97. The van der Waals surface area contributed by atoms with E-state index in [1.807, 2.05) is 6.07 Å². The molecule has 1 rings (SSSR count). The van der Waals surface area contributed by atoms with Crippen LogP contribution in [0.4, 0.5) is 0 Å². The third-order valence-corrected chi connectivity index (χ3v) is 1.66. The van der Waals surface area contributed by atoms with Crippen molar-refractivity contribution < 1.29 is 14.9 Å². The summed E-state index contributed by atoms with van der Waals surface area (Å²) >= 11 is 0. The van der Waals surface area contributed by atoms with Gasteiger partial charge < -0.3 is 14.9 Å². The van der Waals surface area contributed by atoms with Crippen molar-refractivity contribution in [1.29, 1.82) is 0 Å². The summed E-state index contributed by atoms with van der Waals surface area (Å²) < 4.78 is 4.97. The first-order chi connectivity index (χ1) is 5.79. The van der Waals surface area contributed by atoms with Gasteiger partial charge in [-0.05, 0) is 12.5 Å². The van der Waals surface area contributed by atoms with Crippen LogP contribution in [0.2, 0.25) is 0 Å². The van der Waals surface area contributed by atoms with Crippen molar-refractivity contribution in [2.24, 2.45) is 0 Å². The Kier molecular flexibility index (Phi) is 2.94. The highest BCUT2D eigenvalue weighted by molar-refractivity contribution is 5.45. The molecule has 0 aliphatic rings. The lowest BCUT2D eigenvalue weighted by molar-refractivity contribution is 0.295. The van der Waals surface area contributed by atoms with Gasteiger partial charge in [-0.3, -0.25) is 0 Å². The molecule has 0 heterocycles. The second-order valence-corrected chi connectivity index (χ2v) is 2.44. The highest BCUT2D eigenvalue weighted by Gasteiger charge is 2.05. The standard InChI is InChI=1S/C9H12O3/c1-12-9-7(5-6-10)3-2-4-8(9)11/h2-4,10-11H,5-6H2,1H3. The summed E-state index contributed by atoms with van der Waals surface area (Å²) in [5.74, 6) is 0.565. The number of para-hydroxylation sites is 1. The van der Waals surface area contributed by atoms with Gasteiger partial charge in [0.1, 0.15) is 0 Å². The van der Waals surface area contributed by atoms with Gasteiger partial charge in [-0.2, -0.15) is 0 Å². The molecule has 0 fully saturated rings.